The summed E-state index contributed by atoms with van der Waals surface area (Å²) in [5.41, 5.74) is 6.29. The molecule has 1 saturated carbocycles. The van der Waals surface area contributed by atoms with E-state index < -0.39 is 12.0 Å². The summed E-state index contributed by atoms with van der Waals surface area (Å²) in [6.07, 6.45) is 11.8. The first-order chi connectivity index (χ1) is 19.9. The van der Waals surface area contributed by atoms with Gasteiger partial charge in [-0.1, -0.05) is 112 Å². The topological polar surface area (TPSA) is 86.6 Å². The van der Waals surface area contributed by atoms with E-state index in [2.05, 4.69) is 66.5 Å². The summed E-state index contributed by atoms with van der Waals surface area (Å²) in [4.78, 5) is 23.1. The second kappa shape index (κ2) is 14.6. The number of unbranched alkanes of at least 4 members (excludes halogenated alkanes) is 6. The van der Waals surface area contributed by atoms with Crippen LogP contribution in [0.1, 0.15) is 102 Å². The largest absolute Gasteiger partial charge is 0.480 e. The summed E-state index contributed by atoms with van der Waals surface area (Å²) in [6, 6.07) is 20.5. The third-order valence-corrected chi connectivity index (χ3v) is 9.35. The summed E-state index contributed by atoms with van der Waals surface area (Å²) in [5, 5.41) is 22.8. The van der Waals surface area contributed by atoms with Crippen LogP contribution < -0.4 is 5.32 Å². The maximum absolute atomic E-state index is 12.0. The van der Waals surface area contributed by atoms with Crippen LogP contribution in [0.5, 0.6) is 0 Å². The van der Waals surface area contributed by atoms with Gasteiger partial charge in [0, 0.05) is 17.8 Å². The molecule has 5 heteroatoms. The van der Waals surface area contributed by atoms with E-state index in [1.165, 1.54) is 35.1 Å². The number of aliphatic carboxylic acids is 1. The molecule has 0 radical (unpaired) electrons. The Labute approximate surface area is 245 Å². The van der Waals surface area contributed by atoms with E-state index >= 15 is 0 Å². The number of carbonyl (C=O) groups excluding carboxylic acids is 1. The van der Waals surface area contributed by atoms with Gasteiger partial charge in [-0.15, -0.1) is 0 Å². The van der Waals surface area contributed by atoms with Gasteiger partial charge in [-0.2, -0.15) is 0 Å². The van der Waals surface area contributed by atoms with E-state index in [9.17, 15) is 14.7 Å². The van der Waals surface area contributed by atoms with Gasteiger partial charge in [0.05, 0.1) is 6.10 Å². The van der Waals surface area contributed by atoms with E-state index in [0.717, 1.165) is 63.4 Å². The van der Waals surface area contributed by atoms with Crippen molar-refractivity contribution in [3.05, 3.63) is 83.9 Å². The van der Waals surface area contributed by atoms with Crippen LogP contribution in [0.2, 0.25) is 0 Å². The van der Waals surface area contributed by atoms with Crippen LogP contribution in [-0.2, 0) is 9.59 Å². The second-order valence-corrected chi connectivity index (χ2v) is 11.9. The monoisotopic (exact) mass is 557 g/mol. The van der Waals surface area contributed by atoms with Crippen LogP contribution in [0.4, 0.5) is 0 Å². The minimum absolute atomic E-state index is 0.166. The van der Waals surface area contributed by atoms with Crippen molar-refractivity contribution in [3.8, 4) is 0 Å². The molecule has 3 N–H and O–H groups in total. The average Bonchev–Trinajstić information content (AvgIpc) is 3.49. The number of rotatable bonds is 16. The highest BCUT2D eigenvalue weighted by Gasteiger charge is 2.56. The Balaban J connectivity index is 1.32. The summed E-state index contributed by atoms with van der Waals surface area (Å²) in [5.74, 6) is -0.956. The smallest absolute Gasteiger partial charge is 0.326 e. The number of carboxylic acids is 1. The lowest BCUT2D eigenvalue weighted by Gasteiger charge is -2.37. The van der Waals surface area contributed by atoms with Gasteiger partial charge < -0.3 is 15.5 Å². The van der Waals surface area contributed by atoms with Crippen molar-refractivity contribution in [1.29, 1.82) is 0 Å². The van der Waals surface area contributed by atoms with Crippen molar-refractivity contribution < 1.29 is 19.8 Å². The molecule has 220 valence electrons. The summed E-state index contributed by atoms with van der Waals surface area (Å²) in [7, 11) is 0. The van der Waals surface area contributed by atoms with Crippen molar-refractivity contribution in [1.82, 2.24) is 5.32 Å². The predicted molar refractivity (Wildman–Crippen MR) is 166 cm³/mol. The highest BCUT2D eigenvalue weighted by atomic mass is 16.4. The summed E-state index contributed by atoms with van der Waals surface area (Å²) >= 11 is 0. The number of amides is 1. The molecule has 2 aliphatic rings. The molecule has 0 bridgehead atoms. The zero-order valence-electron chi connectivity index (χ0n) is 24.6. The van der Waals surface area contributed by atoms with Gasteiger partial charge in [0.2, 0.25) is 5.91 Å². The highest BCUT2D eigenvalue weighted by Crippen LogP contribution is 2.66. The molecule has 4 rings (SSSR count). The molecule has 0 aromatic heterocycles. The van der Waals surface area contributed by atoms with Crippen LogP contribution >= 0.6 is 0 Å². The molecule has 4 atom stereocenters. The molecule has 2 aromatic rings. The van der Waals surface area contributed by atoms with E-state index in [-0.39, 0.29) is 23.3 Å². The van der Waals surface area contributed by atoms with Gasteiger partial charge in [0.15, 0.2) is 0 Å². The molecule has 1 fully saturated rings. The first kappa shape index (κ1) is 30.8. The van der Waals surface area contributed by atoms with Crippen molar-refractivity contribution in [2.24, 2.45) is 11.3 Å². The molecular weight excluding hydrogens is 510 g/mol. The van der Waals surface area contributed by atoms with Crippen molar-refractivity contribution in [2.45, 2.75) is 103 Å². The Bertz CT molecular complexity index is 1200. The Morgan fingerprint density at radius 1 is 0.951 bits per heavy atom. The highest BCUT2D eigenvalue weighted by molar-refractivity contribution is 5.90. The fourth-order valence-corrected chi connectivity index (χ4v) is 7.22. The lowest BCUT2D eigenvalue weighted by molar-refractivity contribution is -0.141. The van der Waals surface area contributed by atoms with E-state index in [1.807, 2.05) is 6.07 Å². The normalized spacial score (nSPS) is 22.4. The zero-order valence-corrected chi connectivity index (χ0v) is 24.6. The molecule has 2 aromatic carbocycles. The molecule has 0 aliphatic heterocycles. The van der Waals surface area contributed by atoms with Crippen molar-refractivity contribution >= 4 is 23.0 Å². The standard InChI is InChI=1S/C36H47NO4/c1-3-31(35(40)41)37-33(39)22-16-8-6-4-5-7-11-21-29-25-30-32(38)23-24-36(30,26(2)27-17-12-9-13-18-27)34(29)28-19-14-10-15-20-28/h9-10,12-15,17-20,30-32,38H,2-8,11,16,21-25H2,1H3,(H,37,39)(H,40,41). The quantitative estimate of drug-likeness (QED) is 0.184. The van der Waals surface area contributed by atoms with Crippen LogP contribution in [0.25, 0.3) is 11.1 Å². The molecule has 1 amide bonds. The van der Waals surface area contributed by atoms with Gasteiger partial charge in [0.1, 0.15) is 6.04 Å². The fraction of sp³-hybridized carbons (Fsp3) is 0.500. The van der Waals surface area contributed by atoms with Gasteiger partial charge >= 0.3 is 5.97 Å². The molecule has 5 nitrogen and oxygen atoms in total. The average molecular weight is 558 g/mol. The molecular formula is C36H47NO4. The lowest BCUT2D eigenvalue weighted by Crippen LogP contribution is -2.40. The zero-order chi connectivity index (χ0) is 29.2. The SMILES string of the molecule is C=C(c1ccccc1)C12CCC(O)C1CC(CCCCCCCCCC(=O)NC(CC)C(=O)O)=C2c1ccccc1. The molecule has 2 aliphatic carbocycles. The number of aliphatic hydroxyl groups excluding tert-OH is 1. The number of fused-ring (bicyclic) bond motifs is 1. The van der Waals surface area contributed by atoms with Crippen LogP contribution in [0.15, 0.2) is 72.8 Å². The van der Waals surface area contributed by atoms with Crippen molar-refractivity contribution in [3.63, 3.8) is 0 Å². The number of hydrogen-bond acceptors (Lipinski definition) is 3. The maximum Gasteiger partial charge on any atom is 0.326 e. The Kier molecular flexibility index (Phi) is 11.0. The van der Waals surface area contributed by atoms with E-state index in [4.69, 9.17) is 5.11 Å². The Morgan fingerprint density at radius 3 is 2.20 bits per heavy atom. The number of carbonyl (C=O) groups is 2. The molecule has 0 heterocycles. The van der Waals surface area contributed by atoms with Gasteiger partial charge in [-0.05, 0) is 67.2 Å². The molecule has 4 unspecified atom stereocenters. The molecule has 0 saturated heterocycles. The molecule has 0 spiro atoms. The van der Waals surface area contributed by atoms with Crippen LogP contribution in [0.3, 0.4) is 0 Å². The summed E-state index contributed by atoms with van der Waals surface area (Å²) in [6.45, 7) is 6.43. The maximum atomic E-state index is 12.0. The predicted octanol–water partition coefficient (Wildman–Crippen LogP) is 7.80. The fourth-order valence-electron chi connectivity index (χ4n) is 7.22. The molecule has 41 heavy (non-hydrogen) atoms. The van der Waals surface area contributed by atoms with E-state index in [1.54, 1.807) is 6.92 Å². The number of hydrogen-bond donors (Lipinski definition) is 3. The minimum atomic E-state index is -0.971. The number of carboxylic acid groups (broad SMARTS) is 1. The first-order valence-electron chi connectivity index (χ1n) is 15.6. The van der Waals surface area contributed by atoms with Gasteiger partial charge in [0.25, 0.3) is 0 Å². The van der Waals surface area contributed by atoms with Gasteiger partial charge in [-0.25, -0.2) is 4.79 Å². The number of allylic oxidation sites excluding steroid dienone is 3. The second-order valence-electron chi connectivity index (χ2n) is 11.9. The summed E-state index contributed by atoms with van der Waals surface area (Å²) < 4.78 is 0. The minimum Gasteiger partial charge on any atom is -0.480 e. The number of nitrogens with one attached hydrogen (secondary N) is 1. The van der Waals surface area contributed by atoms with Crippen molar-refractivity contribution in [2.75, 3.05) is 0 Å². The van der Waals surface area contributed by atoms with Gasteiger partial charge in [-0.3, -0.25) is 4.79 Å². The number of aliphatic hydroxyl groups is 1. The lowest BCUT2D eigenvalue weighted by atomic mass is 9.66. The third-order valence-electron chi connectivity index (χ3n) is 9.35. The van der Waals surface area contributed by atoms with Crippen LogP contribution in [-0.4, -0.2) is 34.2 Å². The van der Waals surface area contributed by atoms with Crippen LogP contribution in [0, 0.1) is 11.3 Å². The third kappa shape index (κ3) is 7.19. The number of benzene rings is 2. The first-order valence-corrected chi connectivity index (χ1v) is 15.6. The Morgan fingerprint density at radius 2 is 1.56 bits per heavy atom. The van der Waals surface area contributed by atoms with E-state index in [0.29, 0.717) is 12.8 Å². The Hall–Kier alpha value is -3.18.